The molecule has 9 heteroatoms. The zero-order valence-electron chi connectivity index (χ0n) is 28.6. The van der Waals surface area contributed by atoms with Gasteiger partial charge in [-0.1, -0.05) is 161 Å². The molecule has 0 unspecified atom stereocenters. The van der Waals surface area contributed by atoms with E-state index in [9.17, 15) is 8.42 Å². The smallest absolute Gasteiger partial charge is 0.221 e. The molecular weight excluding hydrogens is 519 g/mol. The van der Waals surface area contributed by atoms with Gasteiger partial charge in [-0.2, -0.15) is 41.3 Å². The van der Waals surface area contributed by atoms with E-state index in [1.807, 2.05) is 13.0 Å². The number of benzene rings is 1. The third kappa shape index (κ3) is 31.9. The monoisotopic (exact) mass is 573 g/mol. The van der Waals surface area contributed by atoms with Crippen LogP contribution in [0, 0.1) is 19.6 Å². The van der Waals surface area contributed by atoms with Crippen molar-refractivity contribution >= 4 is 19.7 Å². The van der Waals surface area contributed by atoms with E-state index in [2.05, 4.69) is 19.9 Å². The summed E-state index contributed by atoms with van der Waals surface area (Å²) in [5.41, 5.74) is 3.57. The molecule has 0 amide bonds. The van der Waals surface area contributed by atoms with Gasteiger partial charge in [-0.15, -0.1) is 0 Å². The standard InChI is InChI=1S/C32H55ClO2S.5Li/c1-4-5-6-7-8-9-10-11-12-13-14-15-16-17-18-19-20-21-22-23-24-25-31-26-29(2)30(3)32(27-31)28-36(33,34)35;;;;;/h26-28H,2,4-25H2,1,3H3;;;;;/q-2;5*+1. The normalized spacial score (nSPS) is 10.3. The average Bonchev–Trinajstić information content (AvgIpc) is 2.82. The summed E-state index contributed by atoms with van der Waals surface area (Å²) in [6.07, 6.45) is 30.2. The van der Waals surface area contributed by atoms with Gasteiger partial charge in [0.1, 0.15) is 0 Å². The van der Waals surface area contributed by atoms with Crippen LogP contribution in [0.25, 0.3) is 0 Å². The minimum atomic E-state index is -3.67. The Bertz CT molecular complexity index is 795. The molecule has 0 aliphatic rings. The number of hydrogen-bond donors (Lipinski definition) is 0. The predicted octanol–water partition coefficient (Wildman–Crippen LogP) is -3.97. The fourth-order valence-corrected chi connectivity index (χ4v) is 5.88. The molecule has 1 aromatic carbocycles. The van der Waals surface area contributed by atoms with Gasteiger partial charge in [-0.25, -0.2) is 8.42 Å². The van der Waals surface area contributed by atoms with Gasteiger partial charge < -0.3 is 0 Å². The first-order chi connectivity index (χ1) is 17.3. The fraction of sp³-hybridized carbons (Fsp3) is 0.750. The van der Waals surface area contributed by atoms with Crippen LogP contribution in [0.4, 0.5) is 0 Å². The molecule has 0 heterocycles. The molecule has 0 aromatic heterocycles. The topological polar surface area (TPSA) is 34.1 Å². The maximum atomic E-state index is 11.4. The Morgan fingerprint density at radius 1 is 0.610 bits per heavy atom. The quantitative estimate of drug-likeness (QED) is 0.0548. The summed E-state index contributed by atoms with van der Waals surface area (Å²) >= 11 is 0. The van der Waals surface area contributed by atoms with Gasteiger partial charge in [0.25, 0.3) is 0 Å². The predicted molar refractivity (Wildman–Crippen MR) is 160 cm³/mol. The van der Waals surface area contributed by atoms with Crippen molar-refractivity contribution in [1.29, 1.82) is 0 Å². The molecule has 2 nitrogen and oxygen atoms in total. The van der Waals surface area contributed by atoms with E-state index in [1.54, 1.807) is 0 Å². The first-order valence-corrected chi connectivity index (χ1v) is 17.5. The Labute approximate surface area is 321 Å². The van der Waals surface area contributed by atoms with Crippen molar-refractivity contribution in [2.24, 2.45) is 0 Å². The summed E-state index contributed by atoms with van der Waals surface area (Å²) in [6, 6.07) is 4.02. The molecule has 1 rings (SSSR count). The van der Waals surface area contributed by atoms with Crippen molar-refractivity contribution in [2.45, 2.75) is 155 Å². The van der Waals surface area contributed by atoms with Crippen LogP contribution in [0.5, 0.6) is 0 Å². The first-order valence-electron chi connectivity index (χ1n) is 15.1. The number of halogens is 1. The van der Waals surface area contributed by atoms with Crippen LogP contribution in [0.3, 0.4) is 0 Å². The van der Waals surface area contributed by atoms with E-state index in [4.69, 9.17) is 10.7 Å². The van der Waals surface area contributed by atoms with Crippen LogP contribution in [0.15, 0.2) is 12.1 Å². The molecule has 0 aliphatic carbocycles. The molecule has 1 aromatic rings. The SMILES string of the molecule is [CH2-]c1cc(CCCCCCCCCCCCCCCCCCCCCCC)cc([CH-]S(=O)(=O)Cl)c1C.[Li+].[Li+].[Li+].[Li+].[Li+]. The van der Waals surface area contributed by atoms with Crippen LogP contribution in [-0.2, 0) is 15.5 Å². The van der Waals surface area contributed by atoms with Crippen molar-refractivity contribution in [3.8, 4) is 0 Å². The molecule has 0 spiro atoms. The van der Waals surface area contributed by atoms with Gasteiger partial charge in [-0.3, -0.25) is 0 Å². The van der Waals surface area contributed by atoms with E-state index in [1.165, 1.54) is 128 Å². The first kappa shape index (κ1) is 52.7. The molecule has 0 radical (unpaired) electrons. The number of aryl methyl sites for hydroxylation is 1. The molecule has 0 fully saturated rings. The summed E-state index contributed by atoms with van der Waals surface area (Å²) in [6.45, 7) is 8.23. The Morgan fingerprint density at radius 2 is 0.927 bits per heavy atom. The molecule has 0 saturated heterocycles. The van der Waals surface area contributed by atoms with Crippen LogP contribution in [-0.4, -0.2) is 8.42 Å². The molecule has 0 aliphatic heterocycles. The minimum Gasteiger partial charge on any atom is -0.221 e. The zero-order chi connectivity index (χ0) is 26.5. The Morgan fingerprint density at radius 3 is 1.24 bits per heavy atom. The summed E-state index contributed by atoms with van der Waals surface area (Å²) in [5.74, 6) is 1.14. The molecular formula is C32H55ClLi5O2S+3. The van der Waals surface area contributed by atoms with Gasteiger partial charge in [0.2, 0.25) is 9.05 Å². The summed E-state index contributed by atoms with van der Waals surface area (Å²) in [5, 5.41) is 0. The molecule has 210 valence electrons. The van der Waals surface area contributed by atoms with E-state index in [0.717, 1.165) is 35.3 Å². The third-order valence-electron chi connectivity index (χ3n) is 7.45. The third-order valence-corrected chi connectivity index (χ3v) is 8.25. The van der Waals surface area contributed by atoms with Crippen molar-refractivity contribution in [1.82, 2.24) is 0 Å². The van der Waals surface area contributed by atoms with E-state index in [0.29, 0.717) is 5.56 Å². The van der Waals surface area contributed by atoms with Gasteiger partial charge in [0.15, 0.2) is 0 Å². The van der Waals surface area contributed by atoms with Crippen LogP contribution >= 0.6 is 10.7 Å². The maximum Gasteiger partial charge on any atom is 1.00 e. The average molecular weight is 574 g/mol. The van der Waals surface area contributed by atoms with Crippen molar-refractivity contribution in [3.05, 3.63) is 47.1 Å². The summed E-state index contributed by atoms with van der Waals surface area (Å²) in [4.78, 5) is 0. The number of unbranched alkanes of at least 4 members (excludes halogenated alkanes) is 20. The zero-order valence-corrected chi connectivity index (χ0v) is 30.2. The van der Waals surface area contributed by atoms with E-state index < -0.39 is 9.05 Å². The van der Waals surface area contributed by atoms with Crippen molar-refractivity contribution in [2.75, 3.05) is 0 Å². The summed E-state index contributed by atoms with van der Waals surface area (Å²) in [7, 11) is 1.74. The summed E-state index contributed by atoms with van der Waals surface area (Å²) < 4.78 is 22.8. The van der Waals surface area contributed by atoms with Gasteiger partial charge in [0.05, 0.1) is 0 Å². The van der Waals surface area contributed by atoms with E-state index in [-0.39, 0.29) is 94.3 Å². The molecule has 0 atom stereocenters. The van der Waals surface area contributed by atoms with Crippen LogP contribution in [0.2, 0.25) is 0 Å². The minimum absolute atomic E-state index is 0. The van der Waals surface area contributed by atoms with Gasteiger partial charge in [-0.05, 0) is 0 Å². The second-order valence-electron chi connectivity index (χ2n) is 10.9. The van der Waals surface area contributed by atoms with Crippen LogP contribution < -0.4 is 94.3 Å². The van der Waals surface area contributed by atoms with Crippen molar-refractivity contribution in [3.63, 3.8) is 0 Å². The fourth-order valence-electron chi connectivity index (χ4n) is 5.05. The second kappa shape index (κ2) is 35.0. The Balaban J connectivity index is -0.000000864. The maximum absolute atomic E-state index is 11.4. The largest absolute Gasteiger partial charge is 1.00 e. The van der Waals surface area contributed by atoms with Gasteiger partial charge >= 0.3 is 94.3 Å². The number of hydrogen-bond acceptors (Lipinski definition) is 2. The molecule has 0 saturated carbocycles. The number of rotatable bonds is 24. The Hall–Kier alpha value is 2.19. The van der Waals surface area contributed by atoms with Gasteiger partial charge in [0, 0.05) is 10.7 Å². The van der Waals surface area contributed by atoms with Crippen molar-refractivity contribution < 1.29 is 103 Å². The Kier molecular flexibility index (Phi) is 45.1. The molecule has 0 N–H and O–H groups in total. The molecule has 41 heavy (non-hydrogen) atoms. The second-order valence-corrected chi connectivity index (χ2v) is 13.4. The molecule has 0 bridgehead atoms. The van der Waals surface area contributed by atoms with E-state index >= 15 is 0 Å². The van der Waals surface area contributed by atoms with Crippen LogP contribution in [0.1, 0.15) is 164 Å².